The first-order chi connectivity index (χ1) is 12.3. The molecule has 1 aliphatic rings. The maximum Gasteiger partial charge on any atom is 0.342 e. The fourth-order valence-electron chi connectivity index (χ4n) is 4.11. The molecule has 1 aliphatic carbocycles. The van der Waals surface area contributed by atoms with Crippen molar-refractivity contribution in [1.82, 2.24) is 0 Å². The zero-order valence-corrected chi connectivity index (χ0v) is 16.2. The van der Waals surface area contributed by atoms with E-state index in [2.05, 4.69) is 20.8 Å². The van der Waals surface area contributed by atoms with Crippen molar-refractivity contribution in [3.63, 3.8) is 0 Å². The predicted octanol–water partition coefficient (Wildman–Crippen LogP) is 5.05. The first-order valence-corrected chi connectivity index (χ1v) is 9.71. The van der Waals surface area contributed by atoms with Crippen LogP contribution in [0.5, 0.6) is 0 Å². The molecule has 1 fully saturated rings. The summed E-state index contributed by atoms with van der Waals surface area (Å²) >= 11 is 0. The lowest BCUT2D eigenvalue weighted by molar-refractivity contribution is -0.177. The van der Waals surface area contributed by atoms with E-state index < -0.39 is 11.6 Å². The van der Waals surface area contributed by atoms with Crippen molar-refractivity contribution >= 4 is 16.7 Å². The van der Waals surface area contributed by atoms with Crippen molar-refractivity contribution in [3.8, 4) is 0 Å². The van der Waals surface area contributed by atoms with Gasteiger partial charge in [-0.15, -0.1) is 0 Å². The number of rotatable bonds is 4. The summed E-state index contributed by atoms with van der Waals surface area (Å²) in [4.78, 5) is 12.9. The smallest absolute Gasteiger partial charge is 0.342 e. The van der Waals surface area contributed by atoms with Crippen LogP contribution in [0, 0.1) is 17.8 Å². The molecule has 2 aromatic rings. The summed E-state index contributed by atoms with van der Waals surface area (Å²) in [6.07, 6.45) is 3.02. The van der Waals surface area contributed by atoms with Crippen LogP contribution in [0.25, 0.3) is 10.8 Å². The number of carbonyl (C=O) groups is 1. The summed E-state index contributed by atoms with van der Waals surface area (Å²) in [7, 11) is 0. The van der Waals surface area contributed by atoms with E-state index in [1.165, 1.54) is 13.3 Å². The molecule has 0 aliphatic heterocycles. The molecule has 0 bridgehead atoms. The molecule has 3 heteroatoms. The van der Waals surface area contributed by atoms with Crippen LogP contribution in [0.4, 0.5) is 0 Å². The number of hydrogen-bond acceptors (Lipinski definition) is 3. The summed E-state index contributed by atoms with van der Waals surface area (Å²) in [6, 6.07) is 13.6. The molecule has 0 aromatic heterocycles. The highest BCUT2D eigenvalue weighted by atomic mass is 16.6. The van der Waals surface area contributed by atoms with Crippen LogP contribution in [0.15, 0.2) is 42.5 Å². The van der Waals surface area contributed by atoms with Crippen LogP contribution in [0.3, 0.4) is 0 Å². The molecular weight excluding hydrogens is 324 g/mol. The quantitative estimate of drug-likeness (QED) is 0.782. The van der Waals surface area contributed by atoms with Gasteiger partial charge in [0.15, 0.2) is 5.60 Å². The Kier molecular flexibility index (Phi) is 5.38. The Balaban J connectivity index is 1.82. The molecule has 0 radical (unpaired) electrons. The molecule has 1 N–H and O–H groups in total. The minimum atomic E-state index is -1.65. The summed E-state index contributed by atoms with van der Waals surface area (Å²) in [5.74, 6) is 0.833. The van der Waals surface area contributed by atoms with E-state index >= 15 is 0 Å². The van der Waals surface area contributed by atoms with Gasteiger partial charge >= 0.3 is 5.97 Å². The normalized spacial score (nSPS) is 25.8. The second kappa shape index (κ2) is 7.40. The average molecular weight is 354 g/mol. The highest BCUT2D eigenvalue weighted by Gasteiger charge is 2.40. The van der Waals surface area contributed by atoms with Gasteiger partial charge in [0.2, 0.25) is 0 Å². The average Bonchev–Trinajstić information content (AvgIpc) is 2.61. The van der Waals surface area contributed by atoms with Gasteiger partial charge < -0.3 is 9.84 Å². The molecule has 26 heavy (non-hydrogen) atoms. The number of benzene rings is 2. The standard InChI is InChI=1S/C23H30O3/c1-15(2)20-12-9-16(3)13-21(20)26-22(24)23(4,25)19-11-10-17-7-5-6-8-18(17)14-19/h5-8,10-11,14-16,20-21,25H,9,12-13H2,1-4H3/t16-,20+,21-,23-/m1/s1. The summed E-state index contributed by atoms with van der Waals surface area (Å²) in [5.41, 5.74) is -1.07. The van der Waals surface area contributed by atoms with E-state index in [9.17, 15) is 9.90 Å². The minimum absolute atomic E-state index is 0.113. The monoisotopic (exact) mass is 354 g/mol. The van der Waals surface area contributed by atoms with E-state index in [0.29, 0.717) is 23.3 Å². The van der Waals surface area contributed by atoms with Gasteiger partial charge in [-0.2, -0.15) is 0 Å². The summed E-state index contributed by atoms with van der Waals surface area (Å²) in [5, 5.41) is 13.0. The lowest BCUT2D eigenvalue weighted by Gasteiger charge is -2.38. The van der Waals surface area contributed by atoms with Gasteiger partial charge in [-0.3, -0.25) is 0 Å². The van der Waals surface area contributed by atoms with E-state index in [1.807, 2.05) is 42.5 Å². The Labute approximate surface area is 156 Å². The van der Waals surface area contributed by atoms with Crippen molar-refractivity contribution in [1.29, 1.82) is 0 Å². The molecule has 3 nitrogen and oxygen atoms in total. The topological polar surface area (TPSA) is 46.5 Å². The van der Waals surface area contributed by atoms with E-state index in [0.717, 1.165) is 23.6 Å². The Morgan fingerprint density at radius 1 is 1.15 bits per heavy atom. The van der Waals surface area contributed by atoms with Gasteiger partial charge in [-0.1, -0.05) is 63.6 Å². The second-order valence-corrected chi connectivity index (χ2v) is 8.40. The number of aliphatic hydroxyl groups is 1. The maximum absolute atomic E-state index is 12.9. The Morgan fingerprint density at radius 3 is 2.54 bits per heavy atom. The van der Waals surface area contributed by atoms with E-state index in [1.54, 1.807) is 0 Å². The van der Waals surface area contributed by atoms with Crippen molar-refractivity contribution in [2.45, 2.75) is 58.7 Å². The first-order valence-electron chi connectivity index (χ1n) is 9.71. The lowest BCUT2D eigenvalue weighted by atomic mass is 9.75. The highest BCUT2D eigenvalue weighted by molar-refractivity contribution is 5.86. The maximum atomic E-state index is 12.9. The number of esters is 1. The molecule has 0 amide bonds. The van der Waals surface area contributed by atoms with Gasteiger partial charge in [-0.25, -0.2) is 4.79 Å². The number of ether oxygens (including phenoxy) is 1. The molecule has 3 rings (SSSR count). The van der Waals surface area contributed by atoms with Gasteiger partial charge in [0.05, 0.1) is 0 Å². The molecule has 1 saturated carbocycles. The predicted molar refractivity (Wildman–Crippen MR) is 105 cm³/mol. The molecule has 140 valence electrons. The zero-order chi connectivity index (χ0) is 18.9. The Bertz CT molecular complexity index is 778. The van der Waals surface area contributed by atoms with Crippen LogP contribution in [-0.2, 0) is 15.1 Å². The number of hydrogen-bond donors (Lipinski definition) is 1. The number of fused-ring (bicyclic) bond motifs is 1. The van der Waals surface area contributed by atoms with Crippen LogP contribution < -0.4 is 0 Å². The zero-order valence-electron chi connectivity index (χ0n) is 16.2. The molecule has 0 saturated heterocycles. The first kappa shape index (κ1) is 18.9. The fourth-order valence-corrected chi connectivity index (χ4v) is 4.11. The molecule has 0 spiro atoms. The third-order valence-corrected chi connectivity index (χ3v) is 5.93. The highest BCUT2D eigenvalue weighted by Crippen LogP contribution is 2.37. The largest absolute Gasteiger partial charge is 0.460 e. The third-order valence-electron chi connectivity index (χ3n) is 5.93. The Hall–Kier alpha value is -1.87. The SMILES string of the molecule is CC(C)[C@@H]1CC[C@@H](C)C[C@H]1OC(=O)[C@](C)(O)c1ccc2ccccc2c1. The molecule has 2 aromatic carbocycles. The van der Waals surface area contributed by atoms with Gasteiger partial charge in [0, 0.05) is 0 Å². The molecule has 0 unspecified atom stereocenters. The number of carbonyl (C=O) groups excluding carboxylic acids is 1. The van der Waals surface area contributed by atoms with Crippen LogP contribution >= 0.6 is 0 Å². The summed E-state index contributed by atoms with van der Waals surface area (Å²) < 4.78 is 5.88. The fraction of sp³-hybridized carbons (Fsp3) is 0.522. The van der Waals surface area contributed by atoms with E-state index in [-0.39, 0.29) is 6.10 Å². The third kappa shape index (κ3) is 3.78. The van der Waals surface area contributed by atoms with Crippen molar-refractivity contribution in [2.75, 3.05) is 0 Å². The van der Waals surface area contributed by atoms with Crippen molar-refractivity contribution in [3.05, 3.63) is 48.0 Å². The molecule has 4 atom stereocenters. The van der Waals surface area contributed by atoms with Crippen LogP contribution in [0.2, 0.25) is 0 Å². The minimum Gasteiger partial charge on any atom is -0.460 e. The van der Waals surface area contributed by atoms with Crippen LogP contribution in [0.1, 0.15) is 52.5 Å². The van der Waals surface area contributed by atoms with Crippen molar-refractivity contribution < 1.29 is 14.6 Å². The Morgan fingerprint density at radius 2 is 1.85 bits per heavy atom. The van der Waals surface area contributed by atoms with E-state index in [4.69, 9.17) is 4.74 Å². The summed E-state index contributed by atoms with van der Waals surface area (Å²) in [6.45, 7) is 8.11. The van der Waals surface area contributed by atoms with Gasteiger partial charge in [-0.05, 0) is 59.9 Å². The second-order valence-electron chi connectivity index (χ2n) is 8.40. The van der Waals surface area contributed by atoms with Crippen LogP contribution in [-0.4, -0.2) is 17.2 Å². The molecular formula is C23H30O3. The lowest BCUT2D eigenvalue weighted by Crippen LogP contribution is -2.42. The van der Waals surface area contributed by atoms with Gasteiger partial charge in [0.25, 0.3) is 0 Å². The van der Waals surface area contributed by atoms with Gasteiger partial charge in [0.1, 0.15) is 6.10 Å². The van der Waals surface area contributed by atoms with Crippen molar-refractivity contribution in [2.24, 2.45) is 17.8 Å². The molecule has 0 heterocycles.